The number of fused-ring (bicyclic) bond motifs is 1. The molecule has 2 heterocycles. The van der Waals surface area contributed by atoms with E-state index >= 15 is 0 Å². The number of hydrogen-bond donors (Lipinski definition) is 1. The number of sulfonamides is 1. The van der Waals surface area contributed by atoms with Crippen molar-refractivity contribution >= 4 is 32.5 Å². The highest BCUT2D eigenvalue weighted by Gasteiger charge is 2.31. The van der Waals surface area contributed by atoms with E-state index in [-0.39, 0.29) is 29.6 Å². The Kier molecular flexibility index (Phi) is 6.57. The van der Waals surface area contributed by atoms with Crippen LogP contribution in [0.4, 0.5) is 0 Å². The van der Waals surface area contributed by atoms with E-state index in [0.29, 0.717) is 34.0 Å². The summed E-state index contributed by atoms with van der Waals surface area (Å²) in [5.41, 5.74) is 1.24. The van der Waals surface area contributed by atoms with Gasteiger partial charge in [0.05, 0.1) is 18.1 Å². The lowest BCUT2D eigenvalue weighted by molar-refractivity contribution is 0.0925. The molecular weight excluding hydrogens is 452 g/mol. The van der Waals surface area contributed by atoms with Gasteiger partial charge in [-0.15, -0.1) is 0 Å². The first-order valence-corrected chi connectivity index (χ1v) is 12.2. The molecule has 0 radical (unpaired) electrons. The standard InChI is InChI=1S/C23H25ClN2O5S/c1-15-5-6-18(24)12-22(15)32(28,29)26(14-20-4-3-9-31-20)13-17-10-16-11-19(30-2)7-8-21(16)25-23(17)27/h5-8,10-12,20H,3-4,9,13-14H2,1-2H3,(H,25,27)/t20-/m0/s1. The molecule has 9 heteroatoms. The van der Waals surface area contributed by atoms with E-state index in [1.54, 1.807) is 50.4 Å². The average Bonchev–Trinajstić information content (AvgIpc) is 3.28. The molecule has 1 aromatic heterocycles. The Morgan fingerprint density at radius 1 is 1.22 bits per heavy atom. The van der Waals surface area contributed by atoms with Gasteiger partial charge in [0.15, 0.2) is 0 Å². The molecule has 1 saturated heterocycles. The van der Waals surface area contributed by atoms with Gasteiger partial charge in [-0.2, -0.15) is 4.31 Å². The molecule has 1 fully saturated rings. The minimum Gasteiger partial charge on any atom is -0.497 e. The number of halogens is 1. The second-order valence-electron chi connectivity index (χ2n) is 7.92. The van der Waals surface area contributed by atoms with Crippen LogP contribution in [-0.4, -0.2) is 44.1 Å². The highest BCUT2D eigenvalue weighted by molar-refractivity contribution is 7.89. The topological polar surface area (TPSA) is 88.7 Å². The van der Waals surface area contributed by atoms with Gasteiger partial charge in [-0.25, -0.2) is 8.42 Å². The summed E-state index contributed by atoms with van der Waals surface area (Å²) in [6.07, 6.45) is 1.43. The zero-order valence-corrected chi connectivity index (χ0v) is 19.5. The summed E-state index contributed by atoms with van der Waals surface area (Å²) in [5, 5.41) is 1.09. The van der Waals surface area contributed by atoms with Gasteiger partial charge < -0.3 is 14.5 Å². The van der Waals surface area contributed by atoms with Crippen LogP contribution in [0.2, 0.25) is 5.02 Å². The number of aryl methyl sites for hydroxylation is 1. The Morgan fingerprint density at radius 3 is 2.75 bits per heavy atom. The van der Waals surface area contributed by atoms with Gasteiger partial charge in [-0.3, -0.25) is 4.79 Å². The van der Waals surface area contributed by atoms with Crippen LogP contribution in [0.1, 0.15) is 24.0 Å². The number of aromatic nitrogens is 1. The van der Waals surface area contributed by atoms with E-state index in [1.165, 1.54) is 10.4 Å². The Bertz CT molecular complexity index is 1300. The zero-order chi connectivity index (χ0) is 22.9. The molecule has 170 valence electrons. The van der Waals surface area contributed by atoms with Gasteiger partial charge in [0.1, 0.15) is 5.75 Å². The first kappa shape index (κ1) is 22.8. The summed E-state index contributed by atoms with van der Waals surface area (Å²) < 4.78 is 39.6. The van der Waals surface area contributed by atoms with Crippen molar-refractivity contribution in [2.24, 2.45) is 0 Å². The van der Waals surface area contributed by atoms with Crippen molar-refractivity contribution in [3.8, 4) is 5.75 Å². The van der Waals surface area contributed by atoms with E-state index in [4.69, 9.17) is 21.1 Å². The van der Waals surface area contributed by atoms with Crippen molar-refractivity contribution in [2.45, 2.75) is 37.3 Å². The molecule has 0 aliphatic carbocycles. The smallest absolute Gasteiger partial charge is 0.252 e. The average molecular weight is 477 g/mol. The number of ether oxygens (including phenoxy) is 2. The lowest BCUT2D eigenvalue weighted by atomic mass is 10.1. The third-order valence-corrected chi connectivity index (χ3v) is 7.86. The van der Waals surface area contributed by atoms with Crippen LogP contribution in [0, 0.1) is 6.92 Å². The molecule has 0 amide bonds. The van der Waals surface area contributed by atoms with Gasteiger partial charge in [0.2, 0.25) is 10.0 Å². The molecule has 0 saturated carbocycles. The van der Waals surface area contributed by atoms with Gasteiger partial charge in [-0.1, -0.05) is 17.7 Å². The molecule has 1 aliphatic heterocycles. The van der Waals surface area contributed by atoms with Crippen molar-refractivity contribution in [1.82, 2.24) is 9.29 Å². The van der Waals surface area contributed by atoms with E-state index in [1.807, 2.05) is 0 Å². The fourth-order valence-corrected chi connectivity index (χ4v) is 5.86. The van der Waals surface area contributed by atoms with Crippen LogP contribution in [0.15, 0.2) is 52.2 Å². The van der Waals surface area contributed by atoms with Crippen LogP contribution in [-0.2, 0) is 21.3 Å². The second kappa shape index (κ2) is 9.23. The molecule has 3 aromatic rings. The van der Waals surface area contributed by atoms with Crippen LogP contribution in [0.3, 0.4) is 0 Å². The fraction of sp³-hybridized carbons (Fsp3) is 0.348. The number of aromatic amines is 1. The third kappa shape index (κ3) is 4.68. The molecular formula is C23H25ClN2O5S. The Balaban J connectivity index is 1.76. The number of methoxy groups -OCH3 is 1. The molecule has 1 aliphatic rings. The summed E-state index contributed by atoms with van der Waals surface area (Å²) in [6.45, 7) is 2.40. The molecule has 0 spiro atoms. The molecule has 1 atom stereocenters. The zero-order valence-electron chi connectivity index (χ0n) is 17.9. The number of nitrogens with zero attached hydrogens (tertiary/aromatic N) is 1. The maximum atomic E-state index is 13.7. The molecule has 1 N–H and O–H groups in total. The second-order valence-corrected chi connectivity index (χ2v) is 10.3. The number of hydrogen-bond acceptors (Lipinski definition) is 5. The maximum absolute atomic E-state index is 13.7. The van der Waals surface area contributed by atoms with Crippen LogP contribution in [0.25, 0.3) is 10.9 Å². The van der Waals surface area contributed by atoms with E-state index < -0.39 is 10.0 Å². The number of pyridine rings is 1. The van der Waals surface area contributed by atoms with Crippen molar-refractivity contribution in [1.29, 1.82) is 0 Å². The van der Waals surface area contributed by atoms with Gasteiger partial charge in [-0.05, 0) is 61.7 Å². The highest BCUT2D eigenvalue weighted by Crippen LogP contribution is 2.27. The van der Waals surface area contributed by atoms with E-state index in [0.717, 1.165) is 18.2 Å². The summed E-state index contributed by atoms with van der Waals surface area (Å²) in [6, 6.07) is 11.8. The minimum atomic E-state index is -3.93. The molecule has 2 aromatic carbocycles. The number of H-pyrrole nitrogens is 1. The largest absolute Gasteiger partial charge is 0.497 e. The predicted octanol–water partition coefficient (Wildman–Crippen LogP) is 3.87. The molecule has 4 rings (SSSR count). The summed E-state index contributed by atoms with van der Waals surface area (Å²) in [5.74, 6) is 0.647. The predicted molar refractivity (Wildman–Crippen MR) is 124 cm³/mol. The normalized spacial score (nSPS) is 16.7. The number of rotatable bonds is 7. The summed E-state index contributed by atoms with van der Waals surface area (Å²) in [7, 11) is -2.36. The Labute approximate surface area is 192 Å². The fourth-order valence-electron chi connectivity index (χ4n) is 3.92. The van der Waals surface area contributed by atoms with Gasteiger partial charge in [0.25, 0.3) is 5.56 Å². The third-order valence-electron chi connectivity index (χ3n) is 5.67. The van der Waals surface area contributed by atoms with Crippen molar-refractivity contribution in [3.63, 3.8) is 0 Å². The lowest BCUT2D eigenvalue weighted by Gasteiger charge is -2.25. The quantitative estimate of drug-likeness (QED) is 0.559. The van der Waals surface area contributed by atoms with Crippen LogP contribution < -0.4 is 10.3 Å². The lowest BCUT2D eigenvalue weighted by Crippen LogP contribution is -2.38. The highest BCUT2D eigenvalue weighted by atomic mass is 35.5. The van der Waals surface area contributed by atoms with E-state index in [9.17, 15) is 13.2 Å². The molecule has 7 nitrogen and oxygen atoms in total. The molecule has 0 bridgehead atoms. The number of nitrogens with one attached hydrogen (secondary N) is 1. The summed E-state index contributed by atoms with van der Waals surface area (Å²) >= 11 is 6.10. The SMILES string of the molecule is COc1ccc2[nH]c(=O)c(CN(C[C@@H]3CCCO3)S(=O)(=O)c3cc(Cl)ccc3C)cc2c1. The minimum absolute atomic E-state index is 0.0867. The van der Waals surface area contributed by atoms with Gasteiger partial charge >= 0.3 is 0 Å². The Hall–Kier alpha value is -2.39. The molecule has 32 heavy (non-hydrogen) atoms. The first-order chi connectivity index (χ1) is 15.3. The van der Waals surface area contributed by atoms with Crippen molar-refractivity contribution < 1.29 is 17.9 Å². The maximum Gasteiger partial charge on any atom is 0.252 e. The first-order valence-electron chi connectivity index (χ1n) is 10.4. The number of benzene rings is 2. The Morgan fingerprint density at radius 2 is 2.03 bits per heavy atom. The monoisotopic (exact) mass is 476 g/mol. The van der Waals surface area contributed by atoms with Gasteiger partial charge in [0, 0.05) is 41.2 Å². The van der Waals surface area contributed by atoms with Crippen molar-refractivity contribution in [2.75, 3.05) is 20.3 Å². The van der Waals surface area contributed by atoms with Crippen LogP contribution in [0.5, 0.6) is 5.75 Å². The summed E-state index contributed by atoms with van der Waals surface area (Å²) in [4.78, 5) is 15.7. The van der Waals surface area contributed by atoms with Crippen molar-refractivity contribution in [3.05, 3.63) is 69.0 Å². The van der Waals surface area contributed by atoms with E-state index in [2.05, 4.69) is 4.98 Å². The molecule has 0 unspecified atom stereocenters. The van der Waals surface area contributed by atoms with Crippen LogP contribution >= 0.6 is 11.6 Å².